The number of urea groups is 1. The largest absolute Gasteiger partial charge is 0.480 e. The van der Waals surface area contributed by atoms with Gasteiger partial charge in [-0.1, -0.05) is 80.4 Å². The van der Waals surface area contributed by atoms with Crippen LogP contribution in [0.1, 0.15) is 75.8 Å². The van der Waals surface area contributed by atoms with E-state index in [0.29, 0.717) is 30.4 Å². The second-order valence-corrected chi connectivity index (χ2v) is 18.3. The van der Waals surface area contributed by atoms with Gasteiger partial charge in [-0.3, -0.25) is 43.5 Å². The van der Waals surface area contributed by atoms with Gasteiger partial charge in [0.1, 0.15) is 42.3 Å². The molecule has 420 valence electrons. The molecule has 0 fully saturated rings. The number of aliphatic carboxylic acids is 1. The first-order valence-electron chi connectivity index (χ1n) is 24.7. The molecule has 26 nitrogen and oxygen atoms in total. The van der Waals surface area contributed by atoms with Crippen molar-refractivity contribution in [1.82, 2.24) is 42.5 Å². The highest BCUT2D eigenvalue weighted by Crippen LogP contribution is 2.11. The van der Waals surface area contributed by atoms with Crippen LogP contribution in [-0.2, 0) is 51.2 Å². The number of primary amides is 1. The Morgan fingerprint density at radius 3 is 1.25 bits per heavy atom. The topological polar surface area (TPSA) is 451 Å². The van der Waals surface area contributed by atoms with Crippen LogP contribution in [0.15, 0.2) is 70.6 Å². The van der Waals surface area contributed by atoms with Crippen molar-refractivity contribution in [3.63, 3.8) is 0 Å². The quantitative estimate of drug-likeness (QED) is 0.0139. The predicted molar refractivity (Wildman–Crippen MR) is 293 cm³/mol. The zero-order valence-corrected chi connectivity index (χ0v) is 44.4. The average Bonchev–Trinajstić information content (AvgIpc) is 3.38. The maximum Gasteiger partial charge on any atom is 0.327 e. The molecule has 2 aromatic rings. The van der Waals surface area contributed by atoms with Crippen LogP contribution in [0.3, 0.4) is 0 Å². The molecular weight excluding hydrogens is 1020 g/mol. The lowest BCUT2D eigenvalue weighted by Crippen LogP contribution is -2.61. The molecule has 0 aliphatic rings. The zero-order valence-electron chi connectivity index (χ0n) is 42.6. The lowest BCUT2D eigenvalue weighted by Gasteiger charge is -2.28. The summed E-state index contributed by atoms with van der Waals surface area (Å²) in [6.45, 7) is 2.14. The Kier molecular flexibility index (Phi) is 30.5. The Morgan fingerprint density at radius 1 is 0.487 bits per heavy atom. The second-order valence-electron chi connectivity index (χ2n) is 17.6. The van der Waals surface area contributed by atoms with E-state index in [1.807, 2.05) is 6.92 Å². The van der Waals surface area contributed by atoms with E-state index in [4.69, 9.17) is 34.4 Å². The molecule has 0 aliphatic heterocycles. The van der Waals surface area contributed by atoms with Gasteiger partial charge in [-0.05, 0) is 56.1 Å². The number of unbranched alkanes of at least 4 members (excludes halogenated alkanes) is 1. The Bertz CT molecular complexity index is 2260. The van der Waals surface area contributed by atoms with E-state index in [2.05, 4.69) is 77.8 Å². The van der Waals surface area contributed by atoms with Crippen molar-refractivity contribution < 1.29 is 48.3 Å². The second kappa shape index (κ2) is 35.8. The van der Waals surface area contributed by atoms with Gasteiger partial charge in [-0.15, -0.1) is 0 Å². The monoisotopic (exact) mass is 1100 g/mol. The molecule has 0 saturated carbocycles. The number of rotatable bonds is 36. The third-order valence-corrected chi connectivity index (χ3v) is 12.1. The summed E-state index contributed by atoms with van der Waals surface area (Å²) in [7, 11) is 0. The average molecular weight is 1100 g/mol. The first-order valence-corrected chi connectivity index (χ1v) is 26.0. The summed E-state index contributed by atoms with van der Waals surface area (Å²) >= 11 is 8.33. The first kappa shape index (κ1) is 64.8. The Labute approximate surface area is 452 Å². The minimum Gasteiger partial charge on any atom is -0.480 e. The number of carboxylic acid groups (broad SMARTS) is 1. The number of nitrogens with one attached hydrogen (secondary N) is 8. The molecule has 8 atom stereocenters. The first-order chi connectivity index (χ1) is 36.2. The van der Waals surface area contributed by atoms with Crippen LogP contribution in [0.5, 0.6) is 0 Å². The summed E-state index contributed by atoms with van der Waals surface area (Å²) in [5.74, 6) is -7.82. The van der Waals surface area contributed by atoms with Crippen LogP contribution in [0.25, 0.3) is 0 Å². The summed E-state index contributed by atoms with van der Waals surface area (Å²) in [4.78, 5) is 129. The van der Waals surface area contributed by atoms with Gasteiger partial charge < -0.3 is 82.0 Å². The van der Waals surface area contributed by atoms with Crippen molar-refractivity contribution in [3.05, 3.63) is 71.8 Å². The third kappa shape index (κ3) is 25.7. The maximum atomic E-state index is 14.5. The number of nitrogens with zero attached hydrogens (tertiary/aromatic N) is 2. The number of hydrogen-bond acceptors (Lipinski definition) is 14. The number of guanidine groups is 2. The fourth-order valence-electron chi connectivity index (χ4n) is 7.30. The minimum absolute atomic E-state index is 0.0174. The summed E-state index contributed by atoms with van der Waals surface area (Å²) in [5, 5.41) is 30.4. The normalized spacial score (nSPS) is 13.9. The SMILES string of the molecule is CCCC[C@H](NC(=O)[C@@H](N)CCCN=C(N)N)C(=O)N[C@@H](CS)C(=O)N[C@@H](CCCNC(N)=O)C(=O)N[C@H](Cc1ccccc1)C(=O)N[C@@H](CCCN=C(N)N)C(=O)N[C@@H](Cc1ccccc1)C(=O)N[C@@H](CS)C(=O)O. The van der Waals surface area contributed by atoms with E-state index in [1.54, 1.807) is 60.7 Å². The lowest BCUT2D eigenvalue weighted by atomic mass is 10.0. The molecule has 76 heavy (non-hydrogen) atoms. The molecule has 9 amide bonds. The number of thiol groups is 2. The molecule has 2 aromatic carbocycles. The molecule has 28 heteroatoms. The summed E-state index contributed by atoms with van der Waals surface area (Å²) in [6, 6.07) is 5.85. The van der Waals surface area contributed by atoms with Crippen LogP contribution >= 0.6 is 25.3 Å². The fraction of sp³-hybridized carbons (Fsp3) is 0.521. The predicted octanol–water partition coefficient (Wildman–Crippen LogP) is -3.12. The molecule has 21 N–H and O–H groups in total. The van der Waals surface area contributed by atoms with E-state index in [-0.39, 0.29) is 94.4 Å². The molecule has 0 unspecified atom stereocenters. The number of nitrogens with two attached hydrogens (primary N) is 6. The van der Waals surface area contributed by atoms with Gasteiger partial charge in [-0.25, -0.2) is 9.59 Å². The number of amides is 9. The van der Waals surface area contributed by atoms with Crippen molar-refractivity contribution in [2.24, 2.45) is 44.4 Å². The van der Waals surface area contributed by atoms with E-state index in [1.165, 1.54) is 0 Å². The highest BCUT2D eigenvalue weighted by Gasteiger charge is 2.34. The van der Waals surface area contributed by atoms with Gasteiger partial charge in [0, 0.05) is 44.0 Å². The van der Waals surface area contributed by atoms with Crippen LogP contribution < -0.4 is 76.9 Å². The van der Waals surface area contributed by atoms with Gasteiger partial charge in [0.05, 0.1) is 6.04 Å². The number of carbonyl (C=O) groups is 9. The highest BCUT2D eigenvalue weighted by molar-refractivity contribution is 7.80. The van der Waals surface area contributed by atoms with Crippen molar-refractivity contribution in [3.8, 4) is 0 Å². The molecule has 0 spiro atoms. The molecule has 0 radical (unpaired) electrons. The fourth-order valence-corrected chi connectivity index (χ4v) is 7.80. The summed E-state index contributed by atoms with van der Waals surface area (Å²) < 4.78 is 0. The van der Waals surface area contributed by atoms with E-state index in [0.717, 1.165) is 0 Å². The number of carbonyl (C=O) groups excluding carboxylic acids is 8. The van der Waals surface area contributed by atoms with Crippen molar-refractivity contribution in [2.75, 3.05) is 31.1 Å². The Hall–Kier alpha value is -7.33. The Balaban J connectivity index is 2.49. The molecule has 0 bridgehead atoms. The Morgan fingerprint density at radius 2 is 0.842 bits per heavy atom. The van der Waals surface area contributed by atoms with Crippen molar-refractivity contribution >= 4 is 90.5 Å². The van der Waals surface area contributed by atoms with E-state index < -0.39 is 102 Å². The number of benzene rings is 2. The third-order valence-electron chi connectivity index (χ3n) is 11.4. The molecule has 0 aliphatic carbocycles. The number of carboxylic acids is 1. The number of hydrogen-bond donors (Lipinski definition) is 17. The zero-order chi connectivity index (χ0) is 56.6. The van der Waals surface area contributed by atoms with Crippen molar-refractivity contribution in [1.29, 1.82) is 0 Å². The van der Waals surface area contributed by atoms with Gasteiger partial charge in [-0.2, -0.15) is 25.3 Å². The highest BCUT2D eigenvalue weighted by atomic mass is 32.1. The number of aliphatic imine (C=N–C) groups is 2. The molecule has 2 rings (SSSR count). The molecular formula is C48H76N16O10S2. The molecule has 0 saturated heterocycles. The van der Waals surface area contributed by atoms with E-state index in [9.17, 15) is 48.3 Å². The standard InChI is InChI=1S/C48H76N16O10S2/c1-2-3-18-31(58-38(65)30(49)17-10-21-55-46(50)51)41(68)63-36(26-75)44(71)60-33(20-12-23-57-48(54)74)40(67)61-34(24-28-13-6-4-7-14-28)42(69)59-32(19-11-22-56-47(52)53)39(66)62-35(25-29-15-8-5-9-16-29)43(70)64-37(27-76)45(72)73/h4-9,13-16,30-37,75-76H,2-3,10-12,17-27,49H2,1H3,(H,58,65)(H,59,69)(H,60,71)(H,61,67)(H,62,66)(H,63,68)(H,64,70)(H,72,73)(H4,50,51,55)(H4,52,53,56)(H3,54,57,74)/t30-,31-,32-,33-,34+,35-,36-,37-/m0/s1. The van der Waals surface area contributed by atoms with Crippen LogP contribution in [0.4, 0.5) is 4.79 Å². The van der Waals surface area contributed by atoms with Gasteiger partial charge in [0.2, 0.25) is 41.4 Å². The van der Waals surface area contributed by atoms with Crippen LogP contribution in [-0.4, -0.2) is 150 Å². The minimum atomic E-state index is -1.43. The smallest absolute Gasteiger partial charge is 0.327 e. The van der Waals surface area contributed by atoms with Crippen molar-refractivity contribution in [2.45, 2.75) is 126 Å². The lowest BCUT2D eigenvalue weighted by molar-refractivity contribution is -0.141. The summed E-state index contributed by atoms with van der Waals surface area (Å²) in [5.41, 5.74) is 34.3. The van der Waals surface area contributed by atoms with Crippen LogP contribution in [0.2, 0.25) is 0 Å². The van der Waals surface area contributed by atoms with Gasteiger partial charge in [0.25, 0.3) is 0 Å². The van der Waals surface area contributed by atoms with Gasteiger partial charge >= 0.3 is 12.0 Å². The molecule has 0 aromatic heterocycles. The maximum absolute atomic E-state index is 14.5. The van der Waals surface area contributed by atoms with Gasteiger partial charge in [0.15, 0.2) is 11.9 Å². The van der Waals surface area contributed by atoms with E-state index >= 15 is 0 Å². The van der Waals surface area contributed by atoms with Crippen LogP contribution in [0, 0.1) is 0 Å². The molecule has 0 heterocycles. The summed E-state index contributed by atoms with van der Waals surface area (Å²) in [6.07, 6.45) is 1.78.